The molecule has 2 nitrogen and oxygen atoms in total. The van der Waals surface area contributed by atoms with Crippen molar-refractivity contribution in [3.63, 3.8) is 0 Å². The van der Waals surface area contributed by atoms with Crippen LogP contribution in [0.15, 0.2) is 29.8 Å². The Morgan fingerprint density at radius 2 is 1.94 bits per heavy atom. The van der Waals surface area contributed by atoms with E-state index in [2.05, 4.69) is 19.1 Å². The molecule has 2 heteroatoms. The van der Waals surface area contributed by atoms with Crippen molar-refractivity contribution in [3.8, 4) is 0 Å². The Bertz CT molecular complexity index is 440. The van der Waals surface area contributed by atoms with Gasteiger partial charge in [-0.2, -0.15) is 0 Å². The molecule has 0 aliphatic rings. The molecule has 0 aliphatic heterocycles. The number of carbonyl (C=O) groups is 1. The number of benzene rings is 1. The summed E-state index contributed by atoms with van der Waals surface area (Å²) in [4.78, 5) is 11.1. The highest BCUT2D eigenvalue weighted by atomic mass is 16.5. The summed E-state index contributed by atoms with van der Waals surface area (Å²) in [6.45, 7) is 7.53. The van der Waals surface area contributed by atoms with Crippen molar-refractivity contribution in [2.45, 2.75) is 47.0 Å². The molecule has 1 aromatic rings. The highest BCUT2D eigenvalue weighted by Gasteiger charge is 2.08. The molecule has 1 aromatic carbocycles. The largest absolute Gasteiger partial charge is 0.426 e. The van der Waals surface area contributed by atoms with Crippen molar-refractivity contribution in [2.75, 3.05) is 0 Å². The van der Waals surface area contributed by atoms with E-state index in [-0.39, 0.29) is 5.97 Å². The third-order valence-corrected chi connectivity index (χ3v) is 2.71. The van der Waals surface area contributed by atoms with Crippen molar-refractivity contribution >= 4 is 11.7 Å². The highest BCUT2D eigenvalue weighted by molar-refractivity contribution is 5.77. The van der Waals surface area contributed by atoms with Gasteiger partial charge in [0.2, 0.25) is 0 Å². The molecule has 0 amide bonds. The van der Waals surface area contributed by atoms with Crippen molar-refractivity contribution in [3.05, 3.63) is 41.0 Å². The molecule has 0 N–H and O–H groups in total. The maximum atomic E-state index is 11.1. The fourth-order valence-corrected chi connectivity index (χ4v) is 1.84. The van der Waals surface area contributed by atoms with Gasteiger partial charge in [-0.1, -0.05) is 31.5 Å². The Labute approximate surface area is 110 Å². The first-order chi connectivity index (χ1) is 8.54. The third-order valence-electron chi connectivity index (χ3n) is 2.71. The van der Waals surface area contributed by atoms with Crippen LogP contribution in [0.3, 0.4) is 0 Å². The van der Waals surface area contributed by atoms with Gasteiger partial charge in [-0.05, 0) is 43.9 Å². The number of hydrogen-bond acceptors (Lipinski definition) is 2. The van der Waals surface area contributed by atoms with Gasteiger partial charge in [-0.25, -0.2) is 0 Å². The van der Waals surface area contributed by atoms with E-state index in [0.29, 0.717) is 5.76 Å². The number of ether oxygens (including phenoxy) is 1. The molecular formula is C16H22O2. The van der Waals surface area contributed by atoms with Crippen LogP contribution in [0.1, 0.15) is 51.7 Å². The summed E-state index contributed by atoms with van der Waals surface area (Å²) in [5, 5.41) is 0. The van der Waals surface area contributed by atoms with Gasteiger partial charge in [-0.15, -0.1) is 0 Å². The van der Waals surface area contributed by atoms with Crippen LogP contribution in [0, 0.1) is 0 Å². The summed E-state index contributed by atoms with van der Waals surface area (Å²) in [5.41, 5.74) is 3.29. The van der Waals surface area contributed by atoms with Gasteiger partial charge in [0.15, 0.2) is 0 Å². The zero-order chi connectivity index (χ0) is 13.5. The number of aryl methyl sites for hydroxylation is 1. The monoisotopic (exact) mass is 246 g/mol. The van der Waals surface area contributed by atoms with Crippen LogP contribution in [0.25, 0.3) is 5.76 Å². The average Bonchev–Trinajstić information content (AvgIpc) is 2.33. The van der Waals surface area contributed by atoms with Gasteiger partial charge in [0.1, 0.15) is 5.76 Å². The first-order valence-corrected chi connectivity index (χ1v) is 6.49. The minimum Gasteiger partial charge on any atom is -0.426 e. The lowest BCUT2D eigenvalue weighted by Crippen LogP contribution is -2.00. The second-order valence-corrected chi connectivity index (χ2v) is 4.73. The summed E-state index contributed by atoms with van der Waals surface area (Å²) >= 11 is 0. The molecule has 0 heterocycles. The van der Waals surface area contributed by atoms with Crippen LogP contribution in [0.4, 0.5) is 0 Å². The Kier molecular flexibility index (Phi) is 5.63. The van der Waals surface area contributed by atoms with Gasteiger partial charge >= 0.3 is 5.97 Å². The topological polar surface area (TPSA) is 26.3 Å². The molecule has 98 valence electrons. The number of esters is 1. The molecule has 0 bridgehead atoms. The molecule has 0 unspecified atom stereocenters. The van der Waals surface area contributed by atoms with E-state index in [1.165, 1.54) is 25.3 Å². The molecule has 0 atom stereocenters. The molecular weight excluding hydrogens is 224 g/mol. The van der Waals surface area contributed by atoms with Gasteiger partial charge in [-0.3, -0.25) is 4.79 Å². The lowest BCUT2D eigenvalue weighted by atomic mass is 10.0. The van der Waals surface area contributed by atoms with E-state index in [1.807, 2.05) is 26.0 Å². The molecule has 0 aliphatic carbocycles. The molecule has 0 saturated carbocycles. The van der Waals surface area contributed by atoms with E-state index in [0.717, 1.165) is 17.6 Å². The Morgan fingerprint density at radius 3 is 2.50 bits per heavy atom. The fourth-order valence-electron chi connectivity index (χ4n) is 1.84. The minimum absolute atomic E-state index is 0.273. The smallest absolute Gasteiger partial charge is 0.308 e. The number of rotatable bonds is 5. The summed E-state index contributed by atoms with van der Waals surface area (Å²) in [5.74, 6) is 0.408. The molecule has 1 rings (SSSR count). The van der Waals surface area contributed by atoms with E-state index in [9.17, 15) is 4.79 Å². The summed E-state index contributed by atoms with van der Waals surface area (Å²) in [6, 6.07) is 8.24. The quantitative estimate of drug-likeness (QED) is 0.570. The predicted octanol–water partition coefficient (Wildman–Crippen LogP) is 4.34. The number of allylic oxidation sites excluding steroid dienone is 1. The molecule has 0 radical (unpaired) electrons. The zero-order valence-corrected chi connectivity index (χ0v) is 11.7. The molecule has 0 saturated heterocycles. The third kappa shape index (κ3) is 4.36. The standard InChI is InChI=1S/C16H22O2/c1-5-6-8-14-9-7-10-15(11-14)16(12(2)3)18-13(4)17/h7,9-11H,5-6,8H2,1-4H3. The SMILES string of the molecule is CCCCc1cccc(C(OC(C)=O)=C(C)C)c1. The van der Waals surface area contributed by atoms with Gasteiger partial charge in [0.25, 0.3) is 0 Å². The lowest BCUT2D eigenvalue weighted by molar-refractivity contribution is -0.134. The number of carbonyl (C=O) groups excluding carboxylic acids is 1. The minimum atomic E-state index is -0.273. The first-order valence-electron chi connectivity index (χ1n) is 6.49. The second-order valence-electron chi connectivity index (χ2n) is 4.73. The van der Waals surface area contributed by atoms with E-state index in [4.69, 9.17) is 4.74 Å². The van der Waals surface area contributed by atoms with E-state index >= 15 is 0 Å². The molecule has 0 fully saturated rings. The van der Waals surface area contributed by atoms with Crippen LogP contribution in [-0.2, 0) is 16.0 Å². The molecule has 18 heavy (non-hydrogen) atoms. The van der Waals surface area contributed by atoms with Crippen LogP contribution < -0.4 is 0 Å². The van der Waals surface area contributed by atoms with Crippen molar-refractivity contribution in [1.29, 1.82) is 0 Å². The van der Waals surface area contributed by atoms with Crippen molar-refractivity contribution < 1.29 is 9.53 Å². The number of hydrogen-bond donors (Lipinski definition) is 0. The van der Waals surface area contributed by atoms with Crippen LogP contribution >= 0.6 is 0 Å². The Balaban J connectivity index is 2.99. The Hall–Kier alpha value is -1.57. The Morgan fingerprint density at radius 1 is 1.22 bits per heavy atom. The van der Waals surface area contributed by atoms with Crippen LogP contribution in [0.5, 0.6) is 0 Å². The maximum absolute atomic E-state index is 11.1. The van der Waals surface area contributed by atoms with Gasteiger partial charge in [0, 0.05) is 12.5 Å². The second kappa shape index (κ2) is 7.00. The maximum Gasteiger partial charge on any atom is 0.308 e. The highest BCUT2D eigenvalue weighted by Crippen LogP contribution is 2.22. The molecule has 0 spiro atoms. The lowest BCUT2D eigenvalue weighted by Gasteiger charge is -2.11. The van der Waals surface area contributed by atoms with Crippen LogP contribution in [-0.4, -0.2) is 5.97 Å². The predicted molar refractivity (Wildman–Crippen MR) is 75.1 cm³/mol. The van der Waals surface area contributed by atoms with Gasteiger partial charge < -0.3 is 4.74 Å². The van der Waals surface area contributed by atoms with E-state index in [1.54, 1.807) is 0 Å². The average molecular weight is 246 g/mol. The first kappa shape index (κ1) is 14.5. The molecule has 0 aromatic heterocycles. The number of unbranched alkanes of at least 4 members (excludes halogenated alkanes) is 1. The zero-order valence-electron chi connectivity index (χ0n) is 11.7. The van der Waals surface area contributed by atoms with Crippen LogP contribution in [0.2, 0.25) is 0 Å². The summed E-state index contributed by atoms with van der Waals surface area (Å²) < 4.78 is 5.30. The van der Waals surface area contributed by atoms with Crippen molar-refractivity contribution in [1.82, 2.24) is 0 Å². The van der Waals surface area contributed by atoms with Gasteiger partial charge in [0.05, 0.1) is 0 Å². The fraction of sp³-hybridized carbons (Fsp3) is 0.438. The van der Waals surface area contributed by atoms with E-state index < -0.39 is 0 Å². The summed E-state index contributed by atoms with van der Waals surface area (Å²) in [7, 11) is 0. The summed E-state index contributed by atoms with van der Waals surface area (Å²) in [6.07, 6.45) is 3.44. The normalized spacial score (nSPS) is 10.0. The van der Waals surface area contributed by atoms with Crippen molar-refractivity contribution in [2.24, 2.45) is 0 Å².